The number of carbonyl (C=O) groups is 1. The molecule has 16 heavy (non-hydrogen) atoms. The van der Waals surface area contributed by atoms with Gasteiger partial charge in [-0.2, -0.15) is 10.1 Å². The number of hydrogen-bond acceptors (Lipinski definition) is 5. The quantitative estimate of drug-likeness (QED) is 0.753. The second kappa shape index (κ2) is 4.09. The number of nitrogens with zero attached hydrogens (tertiary/aromatic N) is 5. The Hall–Kier alpha value is -2.25. The van der Waals surface area contributed by atoms with Gasteiger partial charge in [0, 0.05) is 0 Å². The third-order valence-corrected chi connectivity index (χ3v) is 2.05. The molecule has 1 amide bonds. The number of aryl methyl sites for hydroxylation is 1. The van der Waals surface area contributed by atoms with Gasteiger partial charge in [-0.1, -0.05) is 0 Å². The highest BCUT2D eigenvalue weighted by Crippen LogP contribution is 2.06. The molecule has 8 nitrogen and oxygen atoms in total. The van der Waals surface area contributed by atoms with E-state index in [1.807, 2.05) is 0 Å². The van der Waals surface area contributed by atoms with Crippen molar-refractivity contribution in [2.24, 2.45) is 0 Å². The van der Waals surface area contributed by atoms with Gasteiger partial charge in [0.2, 0.25) is 5.95 Å². The Labute approximate surface area is 91.1 Å². The maximum Gasteiger partial charge on any atom is 0.251 e. The number of aromatic nitrogens is 6. The van der Waals surface area contributed by atoms with Gasteiger partial charge in [0.15, 0.2) is 0 Å². The fraction of sp³-hybridized carbons (Fsp3) is 0.375. The molecule has 0 fully saturated rings. The molecule has 8 heteroatoms. The van der Waals surface area contributed by atoms with E-state index in [0.29, 0.717) is 5.82 Å². The molecule has 2 rings (SSSR count). The first-order chi connectivity index (χ1) is 7.66. The topological polar surface area (TPSA) is 101 Å². The van der Waals surface area contributed by atoms with Gasteiger partial charge in [-0.25, -0.2) is 9.67 Å². The first-order valence-electron chi connectivity index (χ1n) is 4.71. The lowest BCUT2D eigenvalue weighted by atomic mass is 10.3. The van der Waals surface area contributed by atoms with E-state index in [1.165, 1.54) is 17.3 Å². The summed E-state index contributed by atoms with van der Waals surface area (Å²) in [6.45, 7) is 3.47. The van der Waals surface area contributed by atoms with Crippen LogP contribution in [0.4, 0.5) is 5.95 Å². The molecule has 0 bridgehead atoms. The van der Waals surface area contributed by atoms with E-state index in [1.54, 1.807) is 13.8 Å². The van der Waals surface area contributed by atoms with E-state index in [9.17, 15) is 4.79 Å². The molecule has 0 aromatic carbocycles. The third-order valence-electron chi connectivity index (χ3n) is 2.05. The second-order valence-electron chi connectivity index (χ2n) is 3.29. The van der Waals surface area contributed by atoms with Gasteiger partial charge in [0.25, 0.3) is 5.91 Å². The highest BCUT2D eigenvalue weighted by atomic mass is 16.2. The predicted molar refractivity (Wildman–Crippen MR) is 54.5 cm³/mol. The van der Waals surface area contributed by atoms with Crippen molar-refractivity contribution in [1.29, 1.82) is 0 Å². The van der Waals surface area contributed by atoms with Crippen LogP contribution < -0.4 is 5.32 Å². The molecular formula is C8H11N7O. The highest BCUT2D eigenvalue weighted by molar-refractivity contribution is 5.91. The van der Waals surface area contributed by atoms with Crippen molar-refractivity contribution in [3.63, 3.8) is 0 Å². The van der Waals surface area contributed by atoms with Crippen molar-refractivity contribution in [2.45, 2.75) is 19.9 Å². The fourth-order valence-electron chi connectivity index (χ4n) is 1.15. The van der Waals surface area contributed by atoms with Crippen LogP contribution in [0.3, 0.4) is 0 Å². The Bertz CT molecular complexity index is 474. The lowest BCUT2D eigenvalue weighted by Gasteiger charge is -2.09. The van der Waals surface area contributed by atoms with Crippen LogP contribution in [0.25, 0.3) is 0 Å². The first kappa shape index (κ1) is 10.3. The van der Waals surface area contributed by atoms with Crippen molar-refractivity contribution in [3.05, 3.63) is 18.5 Å². The van der Waals surface area contributed by atoms with Gasteiger partial charge < -0.3 is 0 Å². The maximum absolute atomic E-state index is 11.7. The summed E-state index contributed by atoms with van der Waals surface area (Å²) < 4.78 is 1.45. The SMILES string of the molecule is Cc1nc(NC(=O)C(C)n2cncn2)n[nH]1. The lowest BCUT2D eigenvalue weighted by Crippen LogP contribution is -2.24. The van der Waals surface area contributed by atoms with Crippen molar-refractivity contribution in [2.75, 3.05) is 5.32 Å². The third kappa shape index (κ3) is 2.05. The Morgan fingerprint density at radius 2 is 2.44 bits per heavy atom. The van der Waals surface area contributed by atoms with Crippen molar-refractivity contribution in [1.82, 2.24) is 29.9 Å². The molecule has 2 N–H and O–H groups in total. The lowest BCUT2D eigenvalue weighted by molar-refractivity contribution is -0.119. The van der Waals surface area contributed by atoms with Gasteiger partial charge in [-0.15, -0.1) is 5.10 Å². The fourth-order valence-corrected chi connectivity index (χ4v) is 1.15. The molecule has 0 aliphatic heterocycles. The molecule has 0 saturated carbocycles. The number of rotatable bonds is 3. The number of aromatic amines is 1. The Balaban J connectivity index is 2.03. The normalized spacial score (nSPS) is 12.4. The average Bonchev–Trinajstić information content (AvgIpc) is 2.88. The Kier molecular flexibility index (Phi) is 2.63. The Morgan fingerprint density at radius 3 is 3.00 bits per heavy atom. The van der Waals surface area contributed by atoms with Gasteiger partial charge in [0.1, 0.15) is 24.5 Å². The number of anilines is 1. The summed E-state index contributed by atoms with van der Waals surface area (Å²) in [7, 11) is 0. The van der Waals surface area contributed by atoms with Crippen LogP contribution in [0.15, 0.2) is 12.7 Å². The minimum Gasteiger partial charge on any atom is -0.291 e. The summed E-state index contributed by atoms with van der Waals surface area (Å²) in [6.07, 6.45) is 2.86. The average molecular weight is 221 g/mol. The summed E-state index contributed by atoms with van der Waals surface area (Å²) in [4.78, 5) is 19.5. The Morgan fingerprint density at radius 1 is 1.62 bits per heavy atom. The molecule has 2 aromatic heterocycles. The maximum atomic E-state index is 11.7. The van der Waals surface area contributed by atoms with E-state index in [2.05, 4.69) is 30.6 Å². The zero-order valence-electron chi connectivity index (χ0n) is 8.88. The van der Waals surface area contributed by atoms with Crippen molar-refractivity contribution in [3.8, 4) is 0 Å². The standard InChI is InChI=1S/C8H11N7O/c1-5(15-4-9-3-10-15)7(16)12-8-11-6(2)13-14-8/h3-5H,1-2H3,(H2,11,12,13,14,16). The molecule has 0 saturated heterocycles. The van der Waals surface area contributed by atoms with Crippen molar-refractivity contribution >= 4 is 11.9 Å². The smallest absolute Gasteiger partial charge is 0.251 e. The monoisotopic (exact) mass is 221 g/mol. The van der Waals surface area contributed by atoms with Gasteiger partial charge >= 0.3 is 0 Å². The molecule has 1 unspecified atom stereocenters. The van der Waals surface area contributed by atoms with Gasteiger partial charge in [-0.3, -0.25) is 15.2 Å². The largest absolute Gasteiger partial charge is 0.291 e. The van der Waals surface area contributed by atoms with Crippen LogP contribution in [-0.4, -0.2) is 35.9 Å². The molecule has 0 aliphatic carbocycles. The molecule has 84 valence electrons. The molecular weight excluding hydrogens is 210 g/mol. The minimum atomic E-state index is -0.457. The van der Waals surface area contributed by atoms with Crippen LogP contribution in [0.5, 0.6) is 0 Å². The summed E-state index contributed by atoms with van der Waals surface area (Å²) >= 11 is 0. The second-order valence-corrected chi connectivity index (χ2v) is 3.29. The number of amides is 1. The van der Waals surface area contributed by atoms with E-state index < -0.39 is 6.04 Å². The molecule has 2 aromatic rings. The number of nitrogens with one attached hydrogen (secondary N) is 2. The number of carbonyl (C=O) groups excluding carboxylic acids is 1. The first-order valence-corrected chi connectivity index (χ1v) is 4.71. The number of H-pyrrole nitrogens is 1. The van der Waals surface area contributed by atoms with Crippen LogP contribution in [0.2, 0.25) is 0 Å². The van der Waals surface area contributed by atoms with Crippen LogP contribution in [-0.2, 0) is 4.79 Å². The zero-order chi connectivity index (χ0) is 11.5. The van der Waals surface area contributed by atoms with Gasteiger partial charge in [0.05, 0.1) is 0 Å². The van der Waals surface area contributed by atoms with Crippen LogP contribution in [0.1, 0.15) is 18.8 Å². The molecule has 1 atom stereocenters. The zero-order valence-corrected chi connectivity index (χ0v) is 8.88. The molecule has 0 aliphatic rings. The van der Waals surface area contributed by atoms with Gasteiger partial charge in [-0.05, 0) is 13.8 Å². The van der Waals surface area contributed by atoms with Crippen molar-refractivity contribution < 1.29 is 4.79 Å². The summed E-state index contributed by atoms with van der Waals surface area (Å²) in [5.74, 6) is 0.655. The summed E-state index contributed by atoms with van der Waals surface area (Å²) in [6, 6.07) is -0.457. The summed E-state index contributed by atoms with van der Waals surface area (Å²) in [5, 5.41) is 12.9. The minimum absolute atomic E-state index is 0.246. The highest BCUT2D eigenvalue weighted by Gasteiger charge is 2.16. The van der Waals surface area contributed by atoms with E-state index in [0.717, 1.165) is 0 Å². The number of hydrogen-bond donors (Lipinski definition) is 2. The van der Waals surface area contributed by atoms with Crippen LogP contribution >= 0.6 is 0 Å². The summed E-state index contributed by atoms with van der Waals surface area (Å²) in [5.41, 5.74) is 0. The van der Waals surface area contributed by atoms with E-state index in [-0.39, 0.29) is 11.9 Å². The van der Waals surface area contributed by atoms with E-state index in [4.69, 9.17) is 0 Å². The van der Waals surface area contributed by atoms with Crippen LogP contribution in [0, 0.1) is 6.92 Å². The molecule has 2 heterocycles. The molecule has 0 spiro atoms. The van der Waals surface area contributed by atoms with E-state index >= 15 is 0 Å². The molecule has 0 radical (unpaired) electrons. The predicted octanol–water partition coefficient (Wildman–Crippen LogP) is -0.0957.